The van der Waals surface area contributed by atoms with Gasteiger partial charge in [-0.2, -0.15) is 0 Å². The first-order valence-corrected chi connectivity index (χ1v) is 17.4. The molecule has 0 aliphatic carbocycles. The summed E-state index contributed by atoms with van der Waals surface area (Å²) in [6.45, 7) is 15.7. The van der Waals surface area contributed by atoms with E-state index in [0.29, 0.717) is 19.6 Å². The molecule has 0 saturated heterocycles. The Morgan fingerprint density at radius 1 is 0.520 bits per heavy atom. The minimum absolute atomic E-state index is 0.265. The first kappa shape index (κ1) is 33.0. The van der Waals surface area contributed by atoms with Gasteiger partial charge in [-0.25, -0.2) is 0 Å². The minimum Gasteiger partial charge on any atom is -0.507 e. The molecule has 0 radical (unpaired) electrons. The van der Waals surface area contributed by atoms with Crippen molar-refractivity contribution in [2.24, 2.45) is 0 Å². The zero-order valence-corrected chi connectivity index (χ0v) is 30.0. The highest BCUT2D eigenvalue weighted by molar-refractivity contribution is 6.11. The Morgan fingerprint density at radius 2 is 1.02 bits per heavy atom. The van der Waals surface area contributed by atoms with E-state index in [0.717, 1.165) is 78.1 Å². The van der Waals surface area contributed by atoms with Gasteiger partial charge in [0.15, 0.2) is 0 Å². The summed E-state index contributed by atoms with van der Waals surface area (Å²) in [7, 11) is 0. The van der Waals surface area contributed by atoms with Crippen LogP contribution in [-0.2, 0) is 0 Å². The highest BCUT2D eigenvalue weighted by Crippen LogP contribution is 2.45. The van der Waals surface area contributed by atoms with Gasteiger partial charge < -0.3 is 19.0 Å². The molecule has 0 saturated carbocycles. The van der Waals surface area contributed by atoms with Crippen LogP contribution in [0.1, 0.15) is 45.4 Å². The van der Waals surface area contributed by atoms with E-state index >= 15 is 0 Å². The quantitative estimate of drug-likeness (QED) is 0.157. The number of ether oxygens (including phenoxy) is 2. The average Bonchev–Trinajstić information content (AvgIpc) is 3.44. The zero-order valence-electron chi connectivity index (χ0n) is 30.0. The average molecular weight is 661 g/mol. The van der Waals surface area contributed by atoms with Gasteiger partial charge in [0.25, 0.3) is 0 Å². The number of aryl methyl sites for hydroxylation is 7. The van der Waals surface area contributed by atoms with Crippen LogP contribution in [0, 0.1) is 48.5 Å². The molecule has 1 aromatic heterocycles. The fourth-order valence-electron chi connectivity index (χ4n) is 7.57. The van der Waals surface area contributed by atoms with Crippen molar-refractivity contribution >= 4 is 21.9 Å². The summed E-state index contributed by atoms with van der Waals surface area (Å²) < 4.78 is 19.3. The lowest BCUT2D eigenvalue weighted by atomic mass is 9.89. The smallest absolute Gasteiger partial charge is 0.143 e. The normalized spacial score (nSPS) is 11.4. The van der Waals surface area contributed by atoms with Gasteiger partial charge >= 0.3 is 0 Å². The van der Waals surface area contributed by atoms with Crippen LogP contribution in [-0.4, -0.2) is 18.3 Å². The van der Waals surface area contributed by atoms with Crippen molar-refractivity contribution in [2.75, 3.05) is 13.2 Å². The van der Waals surface area contributed by atoms with Crippen LogP contribution in [0.4, 0.5) is 0 Å². The van der Waals surface area contributed by atoms with Crippen molar-refractivity contribution in [2.45, 2.75) is 54.9 Å². The number of hydrogen-bond acceptors (Lipinski definition) is 4. The SMILES string of the molecule is Cc1cc(C)c(-c2cc(C)cc(-c3ccccc3OCCCOc3ccccc3-c3cc(C)cc4c3oc3cc(C)cc(C)c34)c2O)c(C)c1. The Hall–Kier alpha value is -5.48. The summed E-state index contributed by atoms with van der Waals surface area (Å²) >= 11 is 0. The Morgan fingerprint density at radius 3 is 1.68 bits per heavy atom. The van der Waals surface area contributed by atoms with Gasteiger partial charge in [-0.3, -0.25) is 0 Å². The van der Waals surface area contributed by atoms with E-state index in [4.69, 9.17) is 13.9 Å². The molecular weight excluding hydrogens is 617 g/mol. The Labute approximate surface area is 294 Å². The predicted molar refractivity (Wildman–Crippen MR) is 207 cm³/mol. The van der Waals surface area contributed by atoms with E-state index in [9.17, 15) is 5.11 Å². The second-order valence-corrected chi connectivity index (χ2v) is 13.8. The van der Waals surface area contributed by atoms with Crippen LogP contribution in [0.15, 0.2) is 101 Å². The minimum atomic E-state index is 0.265. The van der Waals surface area contributed by atoms with Crippen LogP contribution in [0.25, 0.3) is 55.3 Å². The number of benzene rings is 6. The van der Waals surface area contributed by atoms with Crippen molar-refractivity contribution < 1.29 is 19.0 Å². The highest BCUT2D eigenvalue weighted by atomic mass is 16.5. The third kappa shape index (κ3) is 6.22. The monoisotopic (exact) mass is 660 g/mol. The Kier molecular flexibility index (Phi) is 8.88. The summed E-state index contributed by atoms with van der Waals surface area (Å²) in [5.41, 5.74) is 15.5. The fourth-order valence-corrected chi connectivity index (χ4v) is 7.57. The van der Waals surface area contributed by atoms with Crippen LogP contribution in [0.3, 0.4) is 0 Å². The predicted octanol–water partition coefficient (Wildman–Crippen LogP) is 12.3. The number of phenolic OH excluding ortho intramolecular Hbond substituents is 1. The molecule has 1 heterocycles. The van der Waals surface area contributed by atoms with E-state index in [1.54, 1.807) is 0 Å². The molecule has 0 spiro atoms. The maximum atomic E-state index is 11.7. The Bertz CT molecular complexity index is 2370. The number of fused-ring (bicyclic) bond motifs is 3. The molecule has 7 rings (SSSR count). The van der Waals surface area contributed by atoms with Crippen LogP contribution in [0.2, 0.25) is 0 Å². The molecule has 1 N–H and O–H groups in total. The van der Waals surface area contributed by atoms with E-state index in [1.165, 1.54) is 27.6 Å². The number of aromatic hydroxyl groups is 1. The molecular formula is C46H44O4. The molecule has 4 nitrogen and oxygen atoms in total. The standard InChI is InChI=1S/C46H44O4/c1-27-19-31(5)43(32(6)20-27)38-24-29(3)22-36(45(38)47)34-13-8-10-15-40(34)48-17-12-18-49-41-16-11-9-14-35(41)37-23-30(4)25-39-44-33(7)21-28(2)26-42(44)50-46(37)39/h8-11,13-16,19-26,47H,12,17-18H2,1-7H3. The third-order valence-electron chi connectivity index (χ3n) is 9.52. The molecule has 0 amide bonds. The first-order valence-electron chi connectivity index (χ1n) is 17.4. The van der Waals surface area contributed by atoms with E-state index in [2.05, 4.69) is 97.0 Å². The maximum Gasteiger partial charge on any atom is 0.143 e. The van der Waals surface area contributed by atoms with Gasteiger partial charge in [0.2, 0.25) is 0 Å². The molecule has 7 aromatic rings. The molecule has 0 aliphatic rings. The van der Waals surface area contributed by atoms with Crippen molar-refractivity contribution in [1.82, 2.24) is 0 Å². The lowest BCUT2D eigenvalue weighted by molar-refractivity contribution is 0.248. The van der Waals surface area contributed by atoms with Gasteiger partial charge in [-0.05, 0) is 130 Å². The molecule has 0 unspecified atom stereocenters. The number of furan rings is 1. The van der Waals surface area contributed by atoms with Gasteiger partial charge in [-0.15, -0.1) is 0 Å². The third-order valence-corrected chi connectivity index (χ3v) is 9.52. The summed E-state index contributed by atoms with van der Waals surface area (Å²) in [4.78, 5) is 0. The highest BCUT2D eigenvalue weighted by Gasteiger charge is 2.20. The number of hydrogen-bond donors (Lipinski definition) is 1. The van der Waals surface area contributed by atoms with E-state index < -0.39 is 0 Å². The van der Waals surface area contributed by atoms with E-state index in [1.807, 2.05) is 48.5 Å². The van der Waals surface area contributed by atoms with Crippen molar-refractivity contribution in [1.29, 1.82) is 0 Å². The molecule has 50 heavy (non-hydrogen) atoms. The van der Waals surface area contributed by atoms with Crippen LogP contribution in [0.5, 0.6) is 17.2 Å². The summed E-state index contributed by atoms with van der Waals surface area (Å²) in [5.74, 6) is 1.81. The maximum absolute atomic E-state index is 11.7. The Balaban J connectivity index is 1.10. The largest absolute Gasteiger partial charge is 0.507 e. The number of para-hydroxylation sites is 2. The zero-order chi connectivity index (χ0) is 35.1. The topological polar surface area (TPSA) is 51.8 Å². The lowest BCUT2D eigenvalue weighted by Gasteiger charge is -2.18. The van der Waals surface area contributed by atoms with E-state index in [-0.39, 0.29) is 5.75 Å². The summed E-state index contributed by atoms with van der Waals surface area (Å²) in [5, 5.41) is 14.0. The van der Waals surface area contributed by atoms with Crippen LogP contribution >= 0.6 is 0 Å². The van der Waals surface area contributed by atoms with Gasteiger partial charge in [0, 0.05) is 45.0 Å². The summed E-state index contributed by atoms with van der Waals surface area (Å²) in [6.07, 6.45) is 0.682. The molecule has 0 atom stereocenters. The fraction of sp³-hybridized carbons (Fsp3) is 0.217. The molecule has 252 valence electrons. The second-order valence-electron chi connectivity index (χ2n) is 13.8. The second kappa shape index (κ2) is 13.4. The van der Waals surface area contributed by atoms with Crippen molar-refractivity contribution in [3.8, 4) is 50.6 Å². The number of phenols is 1. The molecule has 0 fully saturated rings. The molecule has 6 aromatic carbocycles. The summed E-state index contributed by atoms with van der Waals surface area (Å²) in [6, 6.07) is 33.3. The van der Waals surface area contributed by atoms with Gasteiger partial charge in [0.1, 0.15) is 28.4 Å². The van der Waals surface area contributed by atoms with Gasteiger partial charge in [0.05, 0.1) is 13.2 Å². The lowest BCUT2D eigenvalue weighted by Crippen LogP contribution is -2.06. The molecule has 0 bridgehead atoms. The van der Waals surface area contributed by atoms with Crippen molar-refractivity contribution in [3.05, 3.63) is 136 Å². The number of rotatable bonds is 9. The van der Waals surface area contributed by atoms with Crippen LogP contribution < -0.4 is 9.47 Å². The molecule has 0 aliphatic heterocycles. The van der Waals surface area contributed by atoms with Gasteiger partial charge in [-0.1, -0.05) is 60.2 Å². The molecule has 4 heteroatoms. The van der Waals surface area contributed by atoms with Crippen molar-refractivity contribution in [3.63, 3.8) is 0 Å². The first-order chi connectivity index (χ1) is 24.1.